The Labute approximate surface area is 180 Å². The Morgan fingerprint density at radius 2 is 1.97 bits per heavy atom. The highest BCUT2D eigenvalue weighted by Crippen LogP contribution is 2.29. The summed E-state index contributed by atoms with van der Waals surface area (Å²) in [6.45, 7) is 1.61. The third kappa shape index (κ3) is 3.59. The molecule has 2 unspecified atom stereocenters. The molecule has 2 N–H and O–H groups in total. The van der Waals surface area contributed by atoms with Crippen molar-refractivity contribution in [2.75, 3.05) is 0 Å². The second kappa shape index (κ2) is 7.63. The molecule has 0 bridgehead atoms. The third-order valence-electron chi connectivity index (χ3n) is 6.28. The summed E-state index contributed by atoms with van der Waals surface area (Å²) in [5.74, 6) is 1.00. The highest BCUT2D eigenvalue weighted by molar-refractivity contribution is 5.76. The number of fused-ring (bicyclic) bond motifs is 3. The molecule has 31 heavy (non-hydrogen) atoms. The first kappa shape index (κ1) is 18.3. The fourth-order valence-corrected chi connectivity index (χ4v) is 4.71. The van der Waals surface area contributed by atoms with Gasteiger partial charge in [0.05, 0.1) is 41.0 Å². The van der Waals surface area contributed by atoms with E-state index in [1.54, 1.807) is 6.33 Å². The van der Waals surface area contributed by atoms with Crippen LogP contribution in [0.5, 0.6) is 0 Å². The van der Waals surface area contributed by atoms with Crippen molar-refractivity contribution >= 4 is 28.3 Å². The smallest absolute Gasteiger partial charge is 0.121 e. The monoisotopic (exact) mass is 408 g/mol. The number of dihydropyridines is 1. The summed E-state index contributed by atoms with van der Waals surface area (Å²) in [6.07, 6.45) is 12.5. The van der Waals surface area contributed by atoms with E-state index in [1.165, 1.54) is 11.1 Å². The topological polar surface area (TPSA) is 73.0 Å². The van der Waals surface area contributed by atoms with Gasteiger partial charge in [0.15, 0.2) is 0 Å². The standard InChI is InChI=1S/C25H24N6/c1-2-6-23-22(5-1)29-25(30-23)15-31(14-17-7-9-21-24(12-17)28-16-27-21)19-8-10-20-18(13-19)4-3-11-26-20/h1-7,9,11-13,16,19-20H,8,10,14-15H2,(H,27,28)(H,29,30). The van der Waals surface area contributed by atoms with Gasteiger partial charge in [-0.2, -0.15) is 0 Å². The van der Waals surface area contributed by atoms with Crippen molar-refractivity contribution in [3.05, 3.63) is 84.0 Å². The quantitative estimate of drug-likeness (QED) is 0.509. The van der Waals surface area contributed by atoms with Crippen LogP contribution in [0.4, 0.5) is 0 Å². The van der Waals surface area contributed by atoms with Gasteiger partial charge in [0.2, 0.25) is 0 Å². The first-order valence-corrected chi connectivity index (χ1v) is 10.8. The van der Waals surface area contributed by atoms with Crippen molar-refractivity contribution < 1.29 is 0 Å². The summed E-state index contributed by atoms with van der Waals surface area (Å²) in [6, 6.07) is 15.4. The van der Waals surface area contributed by atoms with E-state index in [2.05, 4.69) is 67.3 Å². The van der Waals surface area contributed by atoms with E-state index in [-0.39, 0.29) is 0 Å². The van der Waals surface area contributed by atoms with Crippen LogP contribution in [-0.2, 0) is 13.1 Å². The summed E-state index contributed by atoms with van der Waals surface area (Å²) in [4.78, 5) is 23.1. The number of nitrogens with one attached hydrogen (secondary N) is 2. The van der Waals surface area contributed by atoms with Crippen LogP contribution in [0.2, 0.25) is 0 Å². The summed E-state index contributed by atoms with van der Waals surface area (Å²) < 4.78 is 0. The average molecular weight is 409 g/mol. The van der Waals surface area contributed by atoms with E-state index in [0.29, 0.717) is 12.1 Å². The minimum atomic E-state index is 0.315. The molecule has 6 rings (SSSR count). The number of hydrogen-bond acceptors (Lipinski definition) is 4. The first-order valence-electron chi connectivity index (χ1n) is 10.8. The Morgan fingerprint density at radius 3 is 2.94 bits per heavy atom. The zero-order valence-corrected chi connectivity index (χ0v) is 17.2. The van der Waals surface area contributed by atoms with Crippen LogP contribution in [0.15, 0.2) is 77.6 Å². The molecule has 154 valence electrons. The van der Waals surface area contributed by atoms with Gasteiger partial charge in [-0.25, -0.2) is 9.97 Å². The summed E-state index contributed by atoms with van der Waals surface area (Å²) in [5, 5.41) is 0. The van der Waals surface area contributed by atoms with Crippen molar-refractivity contribution in [2.24, 2.45) is 4.99 Å². The molecule has 0 spiro atoms. The van der Waals surface area contributed by atoms with Crippen molar-refractivity contribution in [1.82, 2.24) is 24.8 Å². The maximum Gasteiger partial charge on any atom is 0.121 e. The number of benzene rings is 2. The summed E-state index contributed by atoms with van der Waals surface area (Å²) >= 11 is 0. The highest BCUT2D eigenvalue weighted by Gasteiger charge is 2.27. The van der Waals surface area contributed by atoms with Crippen molar-refractivity contribution in [3.8, 4) is 0 Å². The van der Waals surface area contributed by atoms with Gasteiger partial charge in [-0.15, -0.1) is 0 Å². The summed E-state index contributed by atoms with van der Waals surface area (Å²) in [5.41, 5.74) is 6.78. The third-order valence-corrected chi connectivity index (χ3v) is 6.28. The van der Waals surface area contributed by atoms with Gasteiger partial charge < -0.3 is 9.97 Å². The molecular formula is C25H24N6. The number of nitrogens with zero attached hydrogens (tertiary/aromatic N) is 4. The number of para-hydroxylation sites is 2. The predicted octanol–water partition coefficient (Wildman–Crippen LogP) is 4.54. The zero-order valence-electron chi connectivity index (χ0n) is 17.2. The van der Waals surface area contributed by atoms with Crippen LogP contribution in [0, 0.1) is 0 Å². The molecule has 2 aromatic carbocycles. The van der Waals surface area contributed by atoms with E-state index in [0.717, 1.165) is 53.8 Å². The van der Waals surface area contributed by atoms with Crippen LogP contribution in [-0.4, -0.2) is 43.1 Å². The lowest BCUT2D eigenvalue weighted by Crippen LogP contribution is -2.37. The van der Waals surface area contributed by atoms with E-state index in [9.17, 15) is 0 Å². The minimum Gasteiger partial charge on any atom is -0.345 e. The fraction of sp³-hybridized carbons (Fsp3) is 0.240. The second-order valence-electron chi connectivity index (χ2n) is 8.34. The lowest BCUT2D eigenvalue weighted by atomic mass is 9.89. The molecule has 1 aliphatic heterocycles. The Bertz CT molecular complexity index is 1290. The van der Waals surface area contributed by atoms with Gasteiger partial charge in [-0.3, -0.25) is 9.89 Å². The maximum absolute atomic E-state index is 4.84. The number of aromatic nitrogens is 4. The fourth-order valence-electron chi connectivity index (χ4n) is 4.71. The molecule has 1 aliphatic carbocycles. The largest absolute Gasteiger partial charge is 0.345 e. The molecule has 2 aromatic heterocycles. The second-order valence-corrected chi connectivity index (χ2v) is 8.34. The number of hydrogen-bond donors (Lipinski definition) is 2. The number of aliphatic imine (C=N–C) groups is 1. The molecule has 0 saturated carbocycles. The number of aromatic amines is 2. The Morgan fingerprint density at radius 1 is 1.00 bits per heavy atom. The van der Waals surface area contributed by atoms with Crippen LogP contribution in [0.1, 0.15) is 24.2 Å². The number of imidazole rings is 2. The molecule has 6 nitrogen and oxygen atoms in total. The van der Waals surface area contributed by atoms with Crippen LogP contribution < -0.4 is 0 Å². The summed E-state index contributed by atoms with van der Waals surface area (Å²) in [7, 11) is 0. The highest BCUT2D eigenvalue weighted by atomic mass is 15.2. The van der Waals surface area contributed by atoms with E-state index < -0.39 is 0 Å². The molecular weight excluding hydrogens is 384 g/mol. The Kier molecular flexibility index (Phi) is 4.50. The van der Waals surface area contributed by atoms with Gasteiger partial charge in [-0.1, -0.05) is 30.4 Å². The van der Waals surface area contributed by atoms with E-state index >= 15 is 0 Å². The van der Waals surface area contributed by atoms with E-state index in [4.69, 9.17) is 4.98 Å². The first-order chi connectivity index (χ1) is 15.3. The number of H-pyrrole nitrogens is 2. The van der Waals surface area contributed by atoms with Gasteiger partial charge in [0.1, 0.15) is 5.82 Å². The van der Waals surface area contributed by atoms with E-state index in [1.807, 2.05) is 24.4 Å². The van der Waals surface area contributed by atoms with Crippen LogP contribution in [0.25, 0.3) is 22.1 Å². The number of rotatable bonds is 5. The van der Waals surface area contributed by atoms with Gasteiger partial charge >= 0.3 is 0 Å². The Balaban J connectivity index is 1.33. The molecule has 2 aliphatic rings. The lowest BCUT2D eigenvalue weighted by Gasteiger charge is -2.34. The molecule has 4 aromatic rings. The average Bonchev–Trinajstić information content (AvgIpc) is 3.44. The SMILES string of the molecule is C1=CC2=CC(N(Cc3ccc4nc[nH]c4c3)Cc3nc4ccccc4[nH]3)CCC2N=C1. The van der Waals surface area contributed by atoms with Crippen molar-refractivity contribution in [2.45, 2.75) is 38.0 Å². The van der Waals surface area contributed by atoms with Gasteiger partial charge in [0, 0.05) is 18.8 Å². The minimum absolute atomic E-state index is 0.315. The molecule has 0 saturated heterocycles. The number of allylic oxidation sites excluding steroid dienone is 1. The van der Waals surface area contributed by atoms with Gasteiger partial charge in [0.25, 0.3) is 0 Å². The van der Waals surface area contributed by atoms with Crippen LogP contribution in [0.3, 0.4) is 0 Å². The van der Waals surface area contributed by atoms with Crippen molar-refractivity contribution in [1.29, 1.82) is 0 Å². The molecule has 3 heterocycles. The zero-order chi connectivity index (χ0) is 20.6. The molecule has 2 atom stereocenters. The lowest BCUT2D eigenvalue weighted by molar-refractivity contribution is 0.189. The molecule has 0 fully saturated rings. The molecule has 6 heteroatoms. The molecule has 0 amide bonds. The Hall–Kier alpha value is -3.51. The predicted molar refractivity (Wildman–Crippen MR) is 124 cm³/mol. The van der Waals surface area contributed by atoms with Gasteiger partial charge in [-0.05, 0) is 54.3 Å². The van der Waals surface area contributed by atoms with Crippen LogP contribution >= 0.6 is 0 Å². The normalized spacial score (nSPS) is 20.5. The van der Waals surface area contributed by atoms with Crippen molar-refractivity contribution in [3.63, 3.8) is 0 Å². The maximum atomic E-state index is 4.84. The molecule has 0 radical (unpaired) electrons.